The summed E-state index contributed by atoms with van der Waals surface area (Å²) in [4.78, 5) is 26.3. The number of nitrogens with zero attached hydrogens (tertiary/aromatic N) is 1. The molecule has 0 aliphatic carbocycles. The summed E-state index contributed by atoms with van der Waals surface area (Å²) in [5.74, 6) is 5.50. The average molecular weight is 468 g/mol. The Morgan fingerprint density at radius 3 is 1.79 bits per heavy atom. The van der Waals surface area contributed by atoms with Gasteiger partial charge in [-0.25, -0.2) is 14.5 Å². The first kappa shape index (κ1) is 26.9. The highest BCUT2D eigenvalue weighted by molar-refractivity contribution is 5.88. The van der Waals surface area contributed by atoms with E-state index >= 15 is 0 Å². The van der Waals surface area contributed by atoms with Crippen molar-refractivity contribution in [1.82, 2.24) is 4.90 Å². The molecule has 2 aromatic carbocycles. The van der Waals surface area contributed by atoms with Gasteiger partial charge in [-0.05, 0) is 31.4 Å². The number of hydrogen-bond acceptors (Lipinski definition) is 6. The van der Waals surface area contributed by atoms with E-state index < -0.39 is 29.9 Å². The molecule has 0 heterocycles. The van der Waals surface area contributed by atoms with Crippen LogP contribution in [0, 0.1) is 11.8 Å². The standard InChI is InChI=1S/C27H33NO6/c1-4-5-6-13-18-26(2,31)27(3,32)21-28(24(29)33-19-22-14-9-7-10-15-22)25(30)34-20-23-16-11-8-12-17-23/h7-12,14-17,31-32H,4-6,19-21H2,1-3H3. The average Bonchev–Trinajstić information content (AvgIpc) is 2.83. The predicted molar refractivity (Wildman–Crippen MR) is 129 cm³/mol. The summed E-state index contributed by atoms with van der Waals surface area (Å²) in [7, 11) is 0. The lowest BCUT2D eigenvalue weighted by molar-refractivity contribution is -0.106. The van der Waals surface area contributed by atoms with Gasteiger partial charge in [-0.15, -0.1) is 5.92 Å². The Kier molecular flexibility index (Phi) is 10.1. The summed E-state index contributed by atoms with van der Waals surface area (Å²) in [5, 5.41) is 21.8. The molecule has 0 saturated heterocycles. The lowest BCUT2D eigenvalue weighted by Crippen LogP contribution is -2.58. The van der Waals surface area contributed by atoms with Crippen LogP contribution in [-0.4, -0.2) is 45.0 Å². The molecule has 0 radical (unpaired) electrons. The summed E-state index contributed by atoms with van der Waals surface area (Å²) in [5.41, 5.74) is -2.38. The van der Waals surface area contributed by atoms with Gasteiger partial charge in [0.25, 0.3) is 0 Å². The fourth-order valence-corrected chi connectivity index (χ4v) is 2.89. The fourth-order valence-electron chi connectivity index (χ4n) is 2.89. The molecule has 7 heteroatoms. The van der Waals surface area contributed by atoms with E-state index in [4.69, 9.17) is 9.47 Å². The predicted octanol–water partition coefficient (Wildman–Crippen LogP) is 4.66. The van der Waals surface area contributed by atoms with E-state index in [-0.39, 0.29) is 13.2 Å². The van der Waals surface area contributed by atoms with Gasteiger partial charge in [-0.2, -0.15) is 0 Å². The van der Waals surface area contributed by atoms with Crippen LogP contribution >= 0.6 is 0 Å². The van der Waals surface area contributed by atoms with E-state index in [1.54, 1.807) is 48.5 Å². The van der Waals surface area contributed by atoms with Crippen molar-refractivity contribution < 1.29 is 29.3 Å². The summed E-state index contributed by atoms with van der Waals surface area (Å²) in [6.07, 6.45) is 0.357. The molecular weight excluding hydrogens is 434 g/mol. The van der Waals surface area contributed by atoms with Gasteiger partial charge in [-0.3, -0.25) is 0 Å². The SMILES string of the molecule is CCCCC#CC(C)(O)C(C)(O)CN(C(=O)OCc1ccccc1)C(=O)OCc1ccccc1. The zero-order valence-electron chi connectivity index (χ0n) is 20.0. The fraction of sp³-hybridized carbons (Fsp3) is 0.407. The monoisotopic (exact) mass is 467 g/mol. The summed E-state index contributed by atoms with van der Waals surface area (Å²) < 4.78 is 10.6. The van der Waals surface area contributed by atoms with Crippen LogP contribution < -0.4 is 0 Å². The van der Waals surface area contributed by atoms with E-state index in [1.807, 2.05) is 19.1 Å². The Labute approximate surface area is 201 Å². The van der Waals surface area contributed by atoms with Gasteiger partial charge in [0.15, 0.2) is 5.60 Å². The normalized spacial score (nSPS) is 14.0. The number of carbonyl (C=O) groups is 2. The molecule has 0 saturated carbocycles. The third kappa shape index (κ3) is 8.22. The smallest absolute Gasteiger partial charge is 0.419 e. The highest BCUT2D eigenvalue weighted by Gasteiger charge is 2.45. The zero-order chi connectivity index (χ0) is 25.0. The topological polar surface area (TPSA) is 96.3 Å². The van der Waals surface area contributed by atoms with Gasteiger partial charge in [0.1, 0.15) is 18.8 Å². The molecular formula is C27H33NO6. The number of ether oxygens (including phenoxy) is 2. The summed E-state index contributed by atoms with van der Waals surface area (Å²) in [6.45, 7) is 3.95. The third-order valence-electron chi connectivity index (χ3n) is 5.35. The Morgan fingerprint density at radius 2 is 1.35 bits per heavy atom. The maximum absolute atomic E-state index is 12.8. The maximum Gasteiger partial charge on any atom is 0.419 e. The number of hydrogen-bond donors (Lipinski definition) is 2. The van der Waals surface area contributed by atoms with E-state index in [2.05, 4.69) is 11.8 Å². The first-order valence-electron chi connectivity index (χ1n) is 11.3. The lowest BCUT2D eigenvalue weighted by atomic mass is 9.85. The number of aliphatic hydroxyl groups is 2. The third-order valence-corrected chi connectivity index (χ3v) is 5.35. The molecule has 2 atom stereocenters. The maximum atomic E-state index is 12.8. The van der Waals surface area contributed by atoms with Crippen molar-refractivity contribution in [2.24, 2.45) is 0 Å². The minimum Gasteiger partial charge on any atom is -0.444 e. The Hall–Kier alpha value is -3.34. The second kappa shape index (κ2) is 12.8. The lowest BCUT2D eigenvalue weighted by Gasteiger charge is -2.37. The molecule has 0 aliphatic heterocycles. The molecule has 182 valence electrons. The van der Waals surface area contributed by atoms with Crippen molar-refractivity contribution in [3.8, 4) is 11.8 Å². The molecule has 0 spiro atoms. The van der Waals surface area contributed by atoms with Crippen molar-refractivity contribution in [3.05, 3.63) is 71.8 Å². The van der Waals surface area contributed by atoms with Crippen molar-refractivity contribution in [3.63, 3.8) is 0 Å². The number of imide groups is 1. The number of benzene rings is 2. The summed E-state index contributed by atoms with van der Waals surface area (Å²) in [6, 6.07) is 18.0. The largest absolute Gasteiger partial charge is 0.444 e. The molecule has 0 aromatic heterocycles. The highest BCUT2D eigenvalue weighted by atomic mass is 16.6. The van der Waals surface area contributed by atoms with Gasteiger partial charge < -0.3 is 19.7 Å². The van der Waals surface area contributed by atoms with Gasteiger partial charge in [0, 0.05) is 6.42 Å². The molecule has 2 amide bonds. The van der Waals surface area contributed by atoms with Gasteiger partial charge in [0.2, 0.25) is 0 Å². The number of carbonyl (C=O) groups excluding carboxylic acids is 2. The summed E-state index contributed by atoms with van der Waals surface area (Å²) >= 11 is 0. The molecule has 2 unspecified atom stereocenters. The van der Waals surface area contributed by atoms with Crippen LogP contribution in [0.1, 0.15) is 51.2 Å². The van der Waals surface area contributed by atoms with Crippen molar-refractivity contribution in [2.45, 2.75) is 64.4 Å². The van der Waals surface area contributed by atoms with Gasteiger partial charge in [-0.1, -0.05) is 79.9 Å². The van der Waals surface area contributed by atoms with Crippen LogP contribution in [0.15, 0.2) is 60.7 Å². The minimum atomic E-state index is -1.95. The number of amides is 2. The Balaban J connectivity index is 2.17. The minimum absolute atomic E-state index is 0.0719. The van der Waals surface area contributed by atoms with Crippen LogP contribution in [0.2, 0.25) is 0 Å². The molecule has 7 nitrogen and oxygen atoms in total. The van der Waals surface area contributed by atoms with E-state index in [1.165, 1.54) is 13.8 Å². The van der Waals surface area contributed by atoms with Crippen LogP contribution in [-0.2, 0) is 22.7 Å². The second-order valence-corrected chi connectivity index (χ2v) is 8.42. The molecule has 0 bridgehead atoms. The molecule has 0 aliphatic rings. The Morgan fingerprint density at radius 1 is 0.882 bits per heavy atom. The van der Waals surface area contributed by atoms with Crippen molar-refractivity contribution in [2.75, 3.05) is 6.54 Å². The first-order valence-corrected chi connectivity index (χ1v) is 11.3. The second-order valence-electron chi connectivity index (χ2n) is 8.42. The first-order chi connectivity index (χ1) is 16.2. The van der Waals surface area contributed by atoms with Crippen molar-refractivity contribution in [1.29, 1.82) is 0 Å². The Bertz CT molecular complexity index is 921. The van der Waals surface area contributed by atoms with Crippen LogP contribution in [0.5, 0.6) is 0 Å². The molecule has 34 heavy (non-hydrogen) atoms. The van der Waals surface area contributed by atoms with Crippen molar-refractivity contribution >= 4 is 12.2 Å². The zero-order valence-corrected chi connectivity index (χ0v) is 20.0. The molecule has 2 rings (SSSR count). The van der Waals surface area contributed by atoms with E-state index in [0.717, 1.165) is 24.0 Å². The van der Waals surface area contributed by atoms with Gasteiger partial charge in [0.05, 0.1) is 6.54 Å². The molecule has 2 aromatic rings. The highest BCUT2D eigenvalue weighted by Crippen LogP contribution is 2.24. The van der Waals surface area contributed by atoms with E-state index in [0.29, 0.717) is 11.3 Å². The van der Waals surface area contributed by atoms with Gasteiger partial charge >= 0.3 is 12.2 Å². The number of unbranched alkanes of at least 4 members (excludes halogenated alkanes) is 2. The quantitative estimate of drug-likeness (QED) is 0.411. The van der Waals surface area contributed by atoms with Crippen LogP contribution in [0.25, 0.3) is 0 Å². The van der Waals surface area contributed by atoms with Crippen LogP contribution in [0.3, 0.4) is 0 Å². The number of rotatable bonds is 9. The van der Waals surface area contributed by atoms with Crippen LogP contribution in [0.4, 0.5) is 9.59 Å². The van der Waals surface area contributed by atoms with E-state index in [9.17, 15) is 19.8 Å². The molecule has 0 fully saturated rings. The molecule has 2 N–H and O–H groups in total.